The summed E-state index contributed by atoms with van der Waals surface area (Å²) in [4.78, 5) is 23.1. The van der Waals surface area contributed by atoms with Crippen molar-refractivity contribution in [2.24, 2.45) is 0 Å². The lowest BCUT2D eigenvalue weighted by molar-refractivity contribution is -0.255. The topological polar surface area (TPSA) is 106 Å². The summed E-state index contributed by atoms with van der Waals surface area (Å²) in [6, 6.07) is 11.4. The number of halogens is 2. The minimum Gasteiger partial charge on any atom is -0.545 e. The normalized spacial score (nSPS) is 14.5. The second-order valence-electron chi connectivity index (χ2n) is 10.4. The Bertz CT molecular complexity index is 1720. The second kappa shape index (κ2) is 11.9. The van der Waals surface area contributed by atoms with E-state index >= 15 is 0 Å². The maximum absolute atomic E-state index is 14.2. The number of hydrogen-bond donors (Lipinski definition) is 0. The Labute approximate surface area is 246 Å². The number of likely N-dealkylation sites (tertiary alicyclic amines) is 1. The van der Waals surface area contributed by atoms with Gasteiger partial charge in [-0.15, -0.1) is 0 Å². The number of aromatic nitrogens is 6. The van der Waals surface area contributed by atoms with Gasteiger partial charge in [0.05, 0.1) is 54.4 Å². The molecule has 0 N–H and O–H groups in total. The highest BCUT2D eigenvalue weighted by Gasteiger charge is 2.25. The molecule has 5 aromatic rings. The molecule has 0 amide bonds. The van der Waals surface area contributed by atoms with E-state index in [1.165, 1.54) is 12.1 Å². The number of aromatic carboxylic acids is 1. The fraction of sp³-hybridized carbons (Fsp3) is 0.333. The van der Waals surface area contributed by atoms with Crippen LogP contribution >= 0.6 is 11.6 Å². The molecule has 0 unspecified atom stereocenters. The Hall–Kier alpha value is -4.22. The second-order valence-corrected chi connectivity index (χ2v) is 10.9. The molecule has 2 aromatic carbocycles. The Morgan fingerprint density at radius 2 is 1.98 bits per heavy atom. The van der Waals surface area contributed by atoms with Gasteiger partial charge in [0.25, 0.3) is 0 Å². The van der Waals surface area contributed by atoms with Crippen LogP contribution in [-0.4, -0.2) is 52.8 Å². The van der Waals surface area contributed by atoms with E-state index in [-0.39, 0.29) is 18.2 Å². The molecule has 0 aliphatic carbocycles. The number of imidazole rings is 2. The first-order valence-corrected chi connectivity index (χ1v) is 14.3. The average Bonchev–Trinajstić information content (AvgIpc) is 3.72. The van der Waals surface area contributed by atoms with Crippen molar-refractivity contribution in [1.29, 1.82) is 0 Å². The fourth-order valence-electron chi connectivity index (χ4n) is 5.53. The molecule has 10 nitrogen and oxygen atoms in total. The quantitative estimate of drug-likeness (QED) is 0.241. The molecule has 1 saturated heterocycles. The smallest absolute Gasteiger partial charge is 0.212 e. The first kappa shape index (κ1) is 27.9. The highest BCUT2D eigenvalue weighted by atomic mass is 35.5. The van der Waals surface area contributed by atoms with Gasteiger partial charge in [0.2, 0.25) is 5.88 Å². The Balaban J connectivity index is 1.16. The number of carbonyl (C=O) groups is 1. The lowest BCUT2D eigenvalue weighted by Gasteiger charge is -2.32. The molecule has 42 heavy (non-hydrogen) atoms. The van der Waals surface area contributed by atoms with Crippen LogP contribution in [0.3, 0.4) is 0 Å². The molecule has 0 radical (unpaired) electrons. The maximum Gasteiger partial charge on any atom is 0.212 e. The van der Waals surface area contributed by atoms with Crippen LogP contribution < -0.4 is 9.84 Å². The summed E-state index contributed by atoms with van der Waals surface area (Å²) in [6.45, 7) is 5.69. The van der Waals surface area contributed by atoms with Crippen LogP contribution in [-0.2, 0) is 26.2 Å². The molecule has 12 heteroatoms. The zero-order valence-corrected chi connectivity index (χ0v) is 23.9. The maximum atomic E-state index is 14.2. The Morgan fingerprint density at radius 3 is 2.74 bits per heavy atom. The lowest BCUT2D eigenvalue weighted by Crippen LogP contribution is -2.35. The molecule has 0 atom stereocenters. The number of ether oxygens (including phenoxy) is 1. The monoisotopic (exact) mass is 590 g/mol. The highest BCUT2D eigenvalue weighted by Crippen LogP contribution is 2.29. The summed E-state index contributed by atoms with van der Waals surface area (Å²) in [6.07, 6.45) is 7.03. The number of aryl methyl sites for hydroxylation is 1. The number of nitrogens with zero attached hydrogens (tertiary/aromatic N) is 7. The number of benzene rings is 2. The van der Waals surface area contributed by atoms with E-state index in [4.69, 9.17) is 21.3 Å². The van der Waals surface area contributed by atoms with Gasteiger partial charge in [-0.1, -0.05) is 23.7 Å². The van der Waals surface area contributed by atoms with E-state index in [1.807, 2.05) is 10.9 Å². The Morgan fingerprint density at radius 1 is 1.14 bits per heavy atom. The van der Waals surface area contributed by atoms with Gasteiger partial charge in [0.1, 0.15) is 18.2 Å². The zero-order chi connectivity index (χ0) is 29.2. The van der Waals surface area contributed by atoms with Crippen LogP contribution in [0.5, 0.6) is 5.88 Å². The van der Waals surface area contributed by atoms with Crippen LogP contribution in [0.25, 0.3) is 11.0 Å². The van der Waals surface area contributed by atoms with Crippen molar-refractivity contribution in [2.75, 3.05) is 13.1 Å². The van der Waals surface area contributed by atoms with Crippen LogP contribution in [0.1, 0.15) is 53.2 Å². The summed E-state index contributed by atoms with van der Waals surface area (Å²) < 4.78 is 26.2. The third kappa shape index (κ3) is 5.75. The first-order chi connectivity index (χ1) is 20.4. The predicted octanol–water partition coefficient (Wildman–Crippen LogP) is 4.07. The van der Waals surface area contributed by atoms with E-state index in [0.717, 1.165) is 55.0 Å². The molecule has 0 bridgehead atoms. The van der Waals surface area contributed by atoms with Crippen molar-refractivity contribution in [3.8, 4) is 5.88 Å². The average molecular weight is 591 g/mol. The molecule has 3 aromatic heterocycles. The summed E-state index contributed by atoms with van der Waals surface area (Å²) in [5, 5.41) is 16.4. The van der Waals surface area contributed by atoms with Gasteiger partial charge in [-0.2, -0.15) is 5.10 Å². The predicted molar refractivity (Wildman–Crippen MR) is 153 cm³/mol. The molecule has 218 valence electrons. The van der Waals surface area contributed by atoms with Crippen molar-refractivity contribution in [3.05, 3.63) is 94.7 Å². The summed E-state index contributed by atoms with van der Waals surface area (Å²) >= 11 is 5.87. The number of carbonyl (C=O) groups excluding carboxylic acids is 1. The Kier molecular flexibility index (Phi) is 7.94. The number of piperidine rings is 1. The van der Waals surface area contributed by atoms with E-state index in [0.29, 0.717) is 29.6 Å². The number of carboxylic acids is 1. The molecule has 1 aliphatic heterocycles. The van der Waals surface area contributed by atoms with Crippen molar-refractivity contribution in [1.82, 2.24) is 33.8 Å². The van der Waals surface area contributed by atoms with Gasteiger partial charge < -0.3 is 23.8 Å². The van der Waals surface area contributed by atoms with Gasteiger partial charge in [-0.25, -0.2) is 19.0 Å². The minimum absolute atomic E-state index is 0.0837. The van der Waals surface area contributed by atoms with Crippen LogP contribution in [0.2, 0.25) is 5.02 Å². The molecule has 0 saturated carbocycles. The molecule has 6 rings (SSSR count). The highest BCUT2D eigenvalue weighted by molar-refractivity contribution is 6.30. The first-order valence-electron chi connectivity index (χ1n) is 13.9. The van der Waals surface area contributed by atoms with Gasteiger partial charge in [0, 0.05) is 42.5 Å². The fourth-order valence-corrected chi connectivity index (χ4v) is 5.69. The standard InChI is InChI=1S/C30H31ClFN7O3/c1-2-37-19-33-15-24(37)16-38-27-13-20(30(40)41)4-6-26(27)35-28(38)17-36-11-8-23(9-12-36)39-29(7-10-34-39)42-18-21-3-5-22(31)14-25(21)32/h3-7,10,13-15,19,23H,2,8-9,11-12,16-18H2,1H3,(H,40,41)/p-1. The number of hydrogen-bond acceptors (Lipinski definition) is 7. The van der Waals surface area contributed by atoms with Crippen LogP contribution in [0.15, 0.2) is 61.2 Å². The third-order valence-corrected chi connectivity index (χ3v) is 8.05. The van der Waals surface area contributed by atoms with E-state index < -0.39 is 11.8 Å². The van der Waals surface area contributed by atoms with Crippen molar-refractivity contribution >= 4 is 28.6 Å². The SMILES string of the molecule is CCn1cncc1Cn1c(CN2CCC(n3nccc3OCc3ccc(Cl)cc3F)CC2)nc2ccc(C(=O)[O-])cc21. The molecule has 1 aliphatic rings. The zero-order valence-electron chi connectivity index (χ0n) is 23.1. The van der Waals surface area contributed by atoms with Gasteiger partial charge >= 0.3 is 0 Å². The number of carboxylic acid groups (broad SMARTS) is 1. The van der Waals surface area contributed by atoms with Gasteiger partial charge in [0.15, 0.2) is 0 Å². The summed E-state index contributed by atoms with van der Waals surface area (Å²) in [7, 11) is 0. The van der Waals surface area contributed by atoms with Crippen molar-refractivity contribution in [3.63, 3.8) is 0 Å². The minimum atomic E-state index is -1.22. The number of rotatable bonds is 10. The molecular formula is C30H30ClFN7O3-. The molecule has 4 heterocycles. The van der Waals surface area contributed by atoms with E-state index in [1.54, 1.807) is 42.9 Å². The lowest BCUT2D eigenvalue weighted by atomic mass is 10.1. The van der Waals surface area contributed by atoms with Crippen molar-refractivity contribution in [2.45, 2.75) is 52.0 Å². The summed E-state index contributed by atoms with van der Waals surface area (Å²) in [5.41, 5.74) is 3.05. The number of fused-ring (bicyclic) bond motifs is 1. The van der Waals surface area contributed by atoms with Crippen molar-refractivity contribution < 1.29 is 19.0 Å². The molecular weight excluding hydrogens is 561 g/mol. The summed E-state index contributed by atoms with van der Waals surface area (Å²) in [5.74, 6) is -0.160. The van der Waals surface area contributed by atoms with Crippen LogP contribution in [0, 0.1) is 5.82 Å². The van der Waals surface area contributed by atoms with Crippen LogP contribution in [0.4, 0.5) is 4.39 Å². The largest absolute Gasteiger partial charge is 0.545 e. The third-order valence-electron chi connectivity index (χ3n) is 7.81. The molecule has 0 spiro atoms. The van der Waals surface area contributed by atoms with Gasteiger partial charge in [-0.3, -0.25) is 4.90 Å². The van der Waals surface area contributed by atoms with E-state index in [9.17, 15) is 14.3 Å². The molecule has 1 fully saturated rings. The van der Waals surface area contributed by atoms with E-state index in [2.05, 4.69) is 31.0 Å². The van der Waals surface area contributed by atoms with Gasteiger partial charge in [-0.05, 0) is 49.6 Å².